The summed E-state index contributed by atoms with van der Waals surface area (Å²) in [6.45, 7) is 0.602. The lowest BCUT2D eigenvalue weighted by Crippen LogP contribution is -2.31. The van der Waals surface area contributed by atoms with Gasteiger partial charge in [0.2, 0.25) is 10.0 Å². The minimum absolute atomic E-state index is 0.0159. The van der Waals surface area contributed by atoms with Crippen molar-refractivity contribution in [1.29, 1.82) is 0 Å². The highest BCUT2D eigenvalue weighted by Crippen LogP contribution is 2.22. The number of hydrogen-bond donors (Lipinski definition) is 2. The standard InChI is InChI=1S/C19H18ClFN2O5S/c1-13-2-4-14(5-3-13)8-9-29(26,27)22-11-19(25)28-12-18(24)23-17-7-6-15(21)10-16(17)20/h2-10,22H,11-12H2,1H3,(H,23,24)/b9-8+. The number of benzene rings is 2. The Hall–Kier alpha value is -2.75. The van der Waals surface area contributed by atoms with Gasteiger partial charge in [0.15, 0.2) is 6.61 Å². The maximum atomic E-state index is 13.0. The molecule has 2 aromatic carbocycles. The summed E-state index contributed by atoms with van der Waals surface area (Å²) in [6.07, 6.45) is 1.38. The first-order chi connectivity index (χ1) is 13.6. The third kappa shape index (κ3) is 8.02. The fourth-order valence-corrected chi connectivity index (χ4v) is 2.99. The highest BCUT2D eigenvalue weighted by molar-refractivity contribution is 7.92. The lowest BCUT2D eigenvalue weighted by Gasteiger charge is -2.08. The Kier molecular flexibility index (Phi) is 7.89. The maximum absolute atomic E-state index is 13.0. The SMILES string of the molecule is Cc1ccc(/C=C/S(=O)(=O)NCC(=O)OCC(=O)Nc2ccc(F)cc2Cl)cc1. The van der Waals surface area contributed by atoms with Crippen molar-refractivity contribution >= 4 is 45.3 Å². The van der Waals surface area contributed by atoms with E-state index >= 15 is 0 Å². The molecule has 29 heavy (non-hydrogen) atoms. The minimum atomic E-state index is -3.87. The molecule has 0 aromatic heterocycles. The number of carbonyl (C=O) groups is 2. The maximum Gasteiger partial charge on any atom is 0.321 e. The number of carbonyl (C=O) groups excluding carboxylic acids is 2. The van der Waals surface area contributed by atoms with Gasteiger partial charge in [0.1, 0.15) is 12.4 Å². The monoisotopic (exact) mass is 440 g/mol. The lowest BCUT2D eigenvalue weighted by atomic mass is 10.2. The average molecular weight is 441 g/mol. The van der Waals surface area contributed by atoms with Crippen LogP contribution in [0.3, 0.4) is 0 Å². The molecule has 10 heteroatoms. The number of hydrogen-bond acceptors (Lipinski definition) is 5. The van der Waals surface area contributed by atoms with E-state index < -0.39 is 40.9 Å². The Balaban J connectivity index is 1.78. The Bertz CT molecular complexity index is 1020. The van der Waals surface area contributed by atoms with Crippen molar-refractivity contribution in [1.82, 2.24) is 4.72 Å². The van der Waals surface area contributed by atoms with Crippen LogP contribution in [0.25, 0.3) is 6.08 Å². The summed E-state index contributed by atoms with van der Waals surface area (Å²) in [7, 11) is -3.87. The number of aryl methyl sites for hydroxylation is 1. The van der Waals surface area contributed by atoms with Crippen molar-refractivity contribution in [2.24, 2.45) is 0 Å². The van der Waals surface area contributed by atoms with E-state index in [1.807, 2.05) is 23.8 Å². The summed E-state index contributed by atoms with van der Waals surface area (Å²) in [5, 5.41) is 3.25. The Morgan fingerprint density at radius 1 is 1.17 bits per heavy atom. The zero-order chi connectivity index (χ0) is 21.4. The van der Waals surface area contributed by atoms with E-state index in [-0.39, 0.29) is 10.7 Å². The van der Waals surface area contributed by atoms with Crippen LogP contribution in [0, 0.1) is 12.7 Å². The number of sulfonamides is 1. The summed E-state index contributed by atoms with van der Waals surface area (Å²) >= 11 is 5.77. The number of esters is 1. The molecule has 0 aliphatic carbocycles. The third-order valence-corrected chi connectivity index (χ3v) is 4.86. The molecule has 2 N–H and O–H groups in total. The highest BCUT2D eigenvalue weighted by Gasteiger charge is 2.13. The van der Waals surface area contributed by atoms with Crippen LogP contribution in [-0.4, -0.2) is 33.4 Å². The number of amides is 1. The second-order valence-corrected chi connectivity index (χ2v) is 7.97. The molecule has 2 aromatic rings. The summed E-state index contributed by atoms with van der Waals surface area (Å²) in [6, 6.07) is 10.5. The van der Waals surface area contributed by atoms with Gasteiger partial charge in [-0.05, 0) is 36.8 Å². The number of halogens is 2. The van der Waals surface area contributed by atoms with E-state index in [4.69, 9.17) is 16.3 Å². The fraction of sp³-hybridized carbons (Fsp3) is 0.158. The minimum Gasteiger partial charge on any atom is -0.455 e. The molecule has 0 fully saturated rings. The van der Waals surface area contributed by atoms with Crippen molar-refractivity contribution in [3.05, 3.63) is 69.8 Å². The number of anilines is 1. The molecular weight excluding hydrogens is 423 g/mol. The van der Waals surface area contributed by atoms with Crippen molar-refractivity contribution < 1.29 is 27.1 Å². The van der Waals surface area contributed by atoms with Gasteiger partial charge in [-0.2, -0.15) is 0 Å². The second-order valence-electron chi connectivity index (χ2n) is 5.91. The zero-order valence-electron chi connectivity index (χ0n) is 15.3. The van der Waals surface area contributed by atoms with Gasteiger partial charge in [-0.15, -0.1) is 0 Å². The van der Waals surface area contributed by atoms with Crippen LogP contribution >= 0.6 is 11.6 Å². The molecule has 0 heterocycles. The number of rotatable bonds is 8. The van der Waals surface area contributed by atoms with Crippen LogP contribution < -0.4 is 10.0 Å². The van der Waals surface area contributed by atoms with Gasteiger partial charge in [0.05, 0.1) is 10.7 Å². The van der Waals surface area contributed by atoms with Gasteiger partial charge >= 0.3 is 5.97 Å². The molecule has 0 radical (unpaired) electrons. The van der Waals surface area contributed by atoms with Crippen LogP contribution in [0.2, 0.25) is 5.02 Å². The first-order valence-corrected chi connectivity index (χ1v) is 10.2. The van der Waals surface area contributed by atoms with Crippen LogP contribution in [0.15, 0.2) is 47.9 Å². The second kappa shape index (κ2) is 10.1. The van der Waals surface area contributed by atoms with E-state index in [2.05, 4.69) is 5.32 Å². The Labute approximate surface area is 172 Å². The van der Waals surface area contributed by atoms with E-state index in [9.17, 15) is 22.4 Å². The molecule has 154 valence electrons. The van der Waals surface area contributed by atoms with Gasteiger partial charge in [0, 0.05) is 5.41 Å². The van der Waals surface area contributed by atoms with E-state index in [1.165, 1.54) is 12.1 Å². The fourth-order valence-electron chi connectivity index (χ4n) is 2.03. The average Bonchev–Trinajstić information content (AvgIpc) is 2.67. The topological polar surface area (TPSA) is 102 Å². The molecule has 0 saturated heterocycles. The van der Waals surface area contributed by atoms with Gasteiger partial charge in [-0.3, -0.25) is 9.59 Å². The molecule has 0 unspecified atom stereocenters. The van der Waals surface area contributed by atoms with Crippen LogP contribution in [-0.2, 0) is 24.3 Å². The van der Waals surface area contributed by atoms with Crippen LogP contribution in [0.1, 0.15) is 11.1 Å². The predicted octanol–water partition coefficient (Wildman–Crippen LogP) is 2.86. The smallest absolute Gasteiger partial charge is 0.321 e. The van der Waals surface area contributed by atoms with Crippen molar-refractivity contribution in [2.75, 3.05) is 18.5 Å². The van der Waals surface area contributed by atoms with E-state index in [1.54, 1.807) is 12.1 Å². The number of nitrogens with one attached hydrogen (secondary N) is 2. The first-order valence-electron chi connectivity index (χ1n) is 8.29. The molecule has 0 saturated carbocycles. The predicted molar refractivity (Wildman–Crippen MR) is 108 cm³/mol. The molecule has 0 aliphatic heterocycles. The van der Waals surface area contributed by atoms with Crippen molar-refractivity contribution in [3.8, 4) is 0 Å². The number of ether oxygens (including phenoxy) is 1. The van der Waals surface area contributed by atoms with Gasteiger partial charge < -0.3 is 10.1 Å². The highest BCUT2D eigenvalue weighted by atomic mass is 35.5. The molecule has 0 atom stereocenters. The van der Waals surface area contributed by atoms with Crippen LogP contribution in [0.4, 0.5) is 10.1 Å². The Morgan fingerprint density at radius 3 is 2.52 bits per heavy atom. The molecule has 1 amide bonds. The quantitative estimate of drug-likeness (QED) is 0.614. The Morgan fingerprint density at radius 2 is 1.86 bits per heavy atom. The summed E-state index contributed by atoms with van der Waals surface area (Å²) in [4.78, 5) is 23.4. The van der Waals surface area contributed by atoms with Gasteiger partial charge in [-0.1, -0.05) is 41.4 Å². The normalized spacial score (nSPS) is 11.4. The molecule has 0 aliphatic rings. The largest absolute Gasteiger partial charge is 0.455 e. The van der Waals surface area contributed by atoms with Crippen molar-refractivity contribution in [2.45, 2.75) is 6.92 Å². The summed E-state index contributed by atoms with van der Waals surface area (Å²) in [5.41, 5.74) is 1.87. The molecule has 0 bridgehead atoms. The van der Waals surface area contributed by atoms with Gasteiger partial charge in [-0.25, -0.2) is 17.5 Å². The van der Waals surface area contributed by atoms with Crippen molar-refractivity contribution in [3.63, 3.8) is 0 Å². The lowest BCUT2D eigenvalue weighted by molar-refractivity contribution is -0.146. The summed E-state index contributed by atoms with van der Waals surface area (Å²) < 4.78 is 43.5. The van der Waals surface area contributed by atoms with E-state index in [0.717, 1.165) is 23.1 Å². The molecule has 2 rings (SSSR count). The molecule has 0 spiro atoms. The van der Waals surface area contributed by atoms with Crippen LogP contribution in [0.5, 0.6) is 0 Å². The third-order valence-electron chi connectivity index (χ3n) is 3.50. The molecule has 7 nitrogen and oxygen atoms in total. The summed E-state index contributed by atoms with van der Waals surface area (Å²) in [5.74, 6) is -2.23. The zero-order valence-corrected chi connectivity index (χ0v) is 16.9. The van der Waals surface area contributed by atoms with Gasteiger partial charge in [0.25, 0.3) is 5.91 Å². The van der Waals surface area contributed by atoms with E-state index in [0.29, 0.717) is 5.56 Å². The molecular formula is C19H18ClFN2O5S. The first kappa shape index (κ1) is 22.5.